The summed E-state index contributed by atoms with van der Waals surface area (Å²) in [6, 6.07) is 6.32. The van der Waals surface area contributed by atoms with Crippen LogP contribution < -0.4 is 0 Å². The third kappa shape index (κ3) is 4.64. The van der Waals surface area contributed by atoms with Crippen molar-refractivity contribution in [3.05, 3.63) is 48.3 Å². The largest absolute Gasteiger partial charge is 0.334 e. The molecule has 132 valence electrons. The summed E-state index contributed by atoms with van der Waals surface area (Å²) < 4.78 is 38.6. The normalized spacial score (nSPS) is 19.0. The van der Waals surface area contributed by atoms with Crippen LogP contribution in [0, 0.1) is 11.7 Å². The molecule has 5 nitrogen and oxygen atoms in total. The van der Waals surface area contributed by atoms with Crippen molar-refractivity contribution in [2.24, 2.45) is 5.92 Å². The standard InChI is InChI=1S/C17H23FN2O3S/c1-3-10-19(12-14-7-4-5-9-16(14)18)17(21)15-8-6-11-20(13-15)24(2,22)23/h3-5,7,9,15H,1,6,8,10-13H2,2H3. The lowest BCUT2D eigenvalue weighted by Crippen LogP contribution is -2.46. The van der Waals surface area contributed by atoms with E-state index in [-0.39, 0.29) is 24.8 Å². The van der Waals surface area contributed by atoms with Gasteiger partial charge in [-0.2, -0.15) is 0 Å². The maximum Gasteiger partial charge on any atom is 0.227 e. The van der Waals surface area contributed by atoms with Crippen LogP contribution in [0.2, 0.25) is 0 Å². The molecule has 1 aromatic rings. The van der Waals surface area contributed by atoms with Gasteiger partial charge in [0.1, 0.15) is 5.82 Å². The number of carbonyl (C=O) groups excluding carboxylic acids is 1. The fourth-order valence-electron chi connectivity index (χ4n) is 2.92. The molecule has 0 N–H and O–H groups in total. The number of carbonyl (C=O) groups is 1. The Hall–Kier alpha value is -1.73. The number of halogens is 1. The van der Waals surface area contributed by atoms with Gasteiger partial charge in [0.15, 0.2) is 0 Å². The Morgan fingerprint density at radius 3 is 2.79 bits per heavy atom. The van der Waals surface area contributed by atoms with Gasteiger partial charge in [-0.3, -0.25) is 4.79 Å². The molecular weight excluding hydrogens is 331 g/mol. The number of hydrogen-bond acceptors (Lipinski definition) is 3. The van der Waals surface area contributed by atoms with Crippen LogP contribution in [0.25, 0.3) is 0 Å². The highest BCUT2D eigenvalue weighted by Crippen LogP contribution is 2.22. The number of nitrogens with zero attached hydrogens (tertiary/aromatic N) is 2. The highest BCUT2D eigenvalue weighted by molar-refractivity contribution is 7.88. The van der Waals surface area contributed by atoms with Crippen LogP contribution in [0.15, 0.2) is 36.9 Å². The number of hydrogen-bond donors (Lipinski definition) is 0. The van der Waals surface area contributed by atoms with Crippen LogP contribution in [0.3, 0.4) is 0 Å². The Morgan fingerprint density at radius 1 is 1.46 bits per heavy atom. The summed E-state index contributed by atoms with van der Waals surface area (Å²) in [5.74, 6) is -0.924. The van der Waals surface area contributed by atoms with E-state index < -0.39 is 15.9 Å². The van der Waals surface area contributed by atoms with Crippen molar-refractivity contribution in [2.45, 2.75) is 19.4 Å². The van der Waals surface area contributed by atoms with Crippen LogP contribution in [-0.4, -0.2) is 49.4 Å². The predicted octanol–water partition coefficient (Wildman–Crippen LogP) is 2.01. The highest BCUT2D eigenvalue weighted by atomic mass is 32.2. The monoisotopic (exact) mass is 354 g/mol. The lowest BCUT2D eigenvalue weighted by Gasteiger charge is -2.33. The average molecular weight is 354 g/mol. The van der Waals surface area contributed by atoms with Gasteiger partial charge in [0.25, 0.3) is 0 Å². The molecule has 0 spiro atoms. The molecule has 1 fully saturated rings. The van der Waals surface area contributed by atoms with E-state index in [0.29, 0.717) is 31.5 Å². The van der Waals surface area contributed by atoms with Crippen molar-refractivity contribution in [3.8, 4) is 0 Å². The molecule has 0 aromatic heterocycles. The molecular formula is C17H23FN2O3S. The summed E-state index contributed by atoms with van der Waals surface area (Å²) in [4.78, 5) is 14.3. The molecule has 1 aliphatic heterocycles. The van der Waals surface area contributed by atoms with E-state index in [0.717, 1.165) is 6.26 Å². The average Bonchev–Trinajstić information content (AvgIpc) is 2.55. The molecule has 1 aromatic carbocycles. The molecule has 1 heterocycles. The maximum atomic E-state index is 13.9. The predicted molar refractivity (Wildman–Crippen MR) is 91.2 cm³/mol. The Bertz CT molecular complexity index is 706. The number of benzene rings is 1. The zero-order valence-electron chi connectivity index (χ0n) is 13.8. The fraction of sp³-hybridized carbons (Fsp3) is 0.471. The third-order valence-corrected chi connectivity index (χ3v) is 5.45. The van der Waals surface area contributed by atoms with Gasteiger partial charge in [-0.1, -0.05) is 24.3 Å². The topological polar surface area (TPSA) is 57.7 Å². The first kappa shape index (κ1) is 18.6. The molecule has 1 saturated heterocycles. The second-order valence-electron chi connectivity index (χ2n) is 6.06. The minimum atomic E-state index is -3.31. The van der Waals surface area contributed by atoms with Crippen LogP contribution in [0.1, 0.15) is 18.4 Å². The molecule has 1 atom stereocenters. The first-order valence-corrected chi connectivity index (χ1v) is 9.76. The van der Waals surface area contributed by atoms with Gasteiger partial charge in [0, 0.05) is 31.7 Å². The summed E-state index contributed by atoms with van der Waals surface area (Å²) in [6.07, 6.45) is 4.03. The van der Waals surface area contributed by atoms with Gasteiger partial charge in [-0.25, -0.2) is 17.1 Å². The van der Waals surface area contributed by atoms with E-state index >= 15 is 0 Å². The second-order valence-corrected chi connectivity index (χ2v) is 8.04. The molecule has 1 unspecified atom stereocenters. The van der Waals surface area contributed by atoms with Crippen LogP contribution in [-0.2, 0) is 21.4 Å². The van der Waals surface area contributed by atoms with Crippen molar-refractivity contribution in [3.63, 3.8) is 0 Å². The molecule has 0 radical (unpaired) electrons. The summed E-state index contributed by atoms with van der Waals surface area (Å²) in [6.45, 7) is 4.72. The Balaban J connectivity index is 2.13. The molecule has 24 heavy (non-hydrogen) atoms. The van der Waals surface area contributed by atoms with Crippen molar-refractivity contribution in [1.82, 2.24) is 9.21 Å². The minimum Gasteiger partial charge on any atom is -0.334 e. The van der Waals surface area contributed by atoms with E-state index in [4.69, 9.17) is 0 Å². The van der Waals surface area contributed by atoms with Crippen molar-refractivity contribution in [2.75, 3.05) is 25.9 Å². The lowest BCUT2D eigenvalue weighted by molar-refractivity contribution is -0.136. The van der Waals surface area contributed by atoms with E-state index in [1.54, 1.807) is 24.3 Å². The minimum absolute atomic E-state index is 0.146. The van der Waals surface area contributed by atoms with E-state index in [1.165, 1.54) is 15.3 Å². The Labute approximate surface area is 142 Å². The number of piperidine rings is 1. The van der Waals surface area contributed by atoms with Gasteiger partial charge in [0.05, 0.1) is 12.2 Å². The van der Waals surface area contributed by atoms with Gasteiger partial charge >= 0.3 is 0 Å². The van der Waals surface area contributed by atoms with Crippen molar-refractivity contribution < 1.29 is 17.6 Å². The summed E-state index contributed by atoms with van der Waals surface area (Å²) in [5.41, 5.74) is 0.434. The van der Waals surface area contributed by atoms with Crippen LogP contribution in [0.5, 0.6) is 0 Å². The van der Waals surface area contributed by atoms with Crippen molar-refractivity contribution >= 4 is 15.9 Å². The van der Waals surface area contributed by atoms with E-state index in [1.807, 2.05) is 0 Å². The zero-order valence-corrected chi connectivity index (χ0v) is 14.6. The first-order chi connectivity index (χ1) is 11.3. The van der Waals surface area contributed by atoms with Crippen molar-refractivity contribution in [1.29, 1.82) is 0 Å². The van der Waals surface area contributed by atoms with E-state index in [9.17, 15) is 17.6 Å². The fourth-order valence-corrected chi connectivity index (χ4v) is 3.84. The molecule has 1 amide bonds. The maximum absolute atomic E-state index is 13.9. The quantitative estimate of drug-likeness (QED) is 0.735. The molecule has 0 bridgehead atoms. The summed E-state index contributed by atoms with van der Waals surface area (Å²) in [7, 11) is -3.31. The Kier molecular flexibility index (Phi) is 6.12. The smallest absolute Gasteiger partial charge is 0.227 e. The van der Waals surface area contributed by atoms with Gasteiger partial charge < -0.3 is 4.90 Å². The first-order valence-electron chi connectivity index (χ1n) is 7.91. The summed E-state index contributed by atoms with van der Waals surface area (Å²) in [5, 5.41) is 0. The van der Waals surface area contributed by atoms with Gasteiger partial charge in [-0.05, 0) is 18.9 Å². The molecule has 2 rings (SSSR count). The number of sulfonamides is 1. The highest BCUT2D eigenvalue weighted by Gasteiger charge is 2.32. The SMILES string of the molecule is C=CCN(Cc1ccccc1F)C(=O)C1CCCN(S(C)(=O)=O)C1. The van der Waals surface area contributed by atoms with Gasteiger partial charge in [0.2, 0.25) is 15.9 Å². The molecule has 0 aliphatic carbocycles. The summed E-state index contributed by atoms with van der Waals surface area (Å²) >= 11 is 0. The molecule has 1 aliphatic rings. The second kappa shape index (κ2) is 7.90. The third-order valence-electron chi connectivity index (χ3n) is 4.18. The lowest BCUT2D eigenvalue weighted by atomic mass is 9.97. The van der Waals surface area contributed by atoms with Crippen LogP contribution in [0.4, 0.5) is 4.39 Å². The number of rotatable bonds is 6. The zero-order chi connectivity index (χ0) is 17.7. The Morgan fingerprint density at radius 2 is 2.17 bits per heavy atom. The molecule has 7 heteroatoms. The number of amides is 1. The molecule has 0 saturated carbocycles. The van der Waals surface area contributed by atoms with Crippen LogP contribution >= 0.6 is 0 Å². The van der Waals surface area contributed by atoms with Gasteiger partial charge in [-0.15, -0.1) is 6.58 Å². The van der Waals surface area contributed by atoms with E-state index in [2.05, 4.69) is 6.58 Å².